The molecule has 8 heteroatoms. The van der Waals surface area contributed by atoms with Crippen LogP contribution in [0.4, 0.5) is 10.1 Å². The average molecular weight is 431 g/mol. The van der Waals surface area contributed by atoms with E-state index in [0.717, 1.165) is 10.0 Å². The van der Waals surface area contributed by atoms with E-state index in [0.29, 0.717) is 5.69 Å². The third-order valence-electron chi connectivity index (χ3n) is 3.80. The SMILES string of the molecule is Cc1cc(NC(=O)CNC(=O)c2cnn(-c3ccccc3F)c2)ccc1Br. The maximum Gasteiger partial charge on any atom is 0.254 e. The fourth-order valence-electron chi connectivity index (χ4n) is 2.40. The Hall–Kier alpha value is -3.00. The molecule has 0 fully saturated rings. The van der Waals surface area contributed by atoms with Gasteiger partial charge in [-0.05, 0) is 42.8 Å². The van der Waals surface area contributed by atoms with Gasteiger partial charge in [0.15, 0.2) is 0 Å². The molecular formula is C19H16BrFN4O2. The summed E-state index contributed by atoms with van der Waals surface area (Å²) in [4.78, 5) is 24.2. The van der Waals surface area contributed by atoms with E-state index in [-0.39, 0.29) is 23.7 Å². The van der Waals surface area contributed by atoms with E-state index in [1.54, 1.807) is 24.3 Å². The summed E-state index contributed by atoms with van der Waals surface area (Å²) >= 11 is 3.39. The molecule has 2 N–H and O–H groups in total. The highest BCUT2D eigenvalue weighted by Gasteiger charge is 2.13. The van der Waals surface area contributed by atoms with Gasteiger partial charge >= 0.3 is 0 Å². The number of carbonyl (C=O) groups excluding carboxylic acids is 2. The molecule has 0 spiro atoms. The van der Waals surface area contributed by atoms with E-state index < -0.39 is 11.7 Å². The molecule has 138 valence electrons. The molecule has 6 nitrogen and oxygen atoms in total. The molecule has 0 saturated heterocycles. The smallest absolute Gasteiger partial charge is 0.254 e. The van der Waals surface area contributed by atoms with Crippen molar-refractivity contribution in [2.75, 3.05) is 11.9 Å². The lowest BCUT2D eigenvalue weighted by Gasteiger charge is -2.08. The number of anilines is 1. The zero-order valence-corrected chi connectivity index (χ0v) is 16.0. The lowest BCUT2D eigenvalue weighted by molar-refractivity contribution is -0.115. The number of halogens is 2. The molecule has 0 bridgehead atoms. The van der Waals surface area contributed by atoms with Gasteiger partial charge in [-0.25, -0.2) is 9.07 Å². The van der Waals surface area contributed by atoms with Crippen LogP contribution >= 0.6 is 15.9 Å². The Morgan fingerprint density at radius 3 is 2.74 bits per heavy atom. The maximum absolute atomic E-state index is 13.8. The van der Waals surface area contributed by atoms with E-state index in [1.807, 2.05) is 19.1 Å². The van der Waals surface area contributed by atoms with Crippen LogP contribution in [0.15, 0.2) is 59.3 Å². The number of benzene rings is 2. The molecule has 2 amide bonds. The van der Waals surface area contributed by atoms with Gasteiger partial charge in [-0.3, -0.25) is 9.59 Å². The third-order valence-corrected chi connectivity index (χ3v) is 4.69. The van der Waals surface area contributed by atoms with Crippen LogP contribution in [0, 0.1) is 12.7 Å². The number of amides is 2. The summed E-state index contributed by atoms with van der Waals surface area (Å²) in [6.07, 6.45) is 2.72. The molecule has 0 aliphatic rings. The minimum atomic E-state index is -0.472. The molecule has 27 heavy (non-hydrogen) atoms. The Bertz CT molecular complexity index is 1000. The number of para-hydroxylation sites is 1. The van der Waals surface area contributed by atoms with Crippen LogP contribution in [0.25, 0.3) is 5.69 Å². The first-order valence-electron chi connectivity index (χ1n) is 8.08. The molecule has 0 radical (unpaired) electrons. The number of aryl methyl sites for hydroxylation is 1. The van der Waals surface area contributed by atoms with Gasteiger partial charge in [0.25, 0.3) is 5.91 Å². The number of nitrogens with zero attached hydrogens (tertiary/aromatic N) is 2. The Morgan fingerprint density at radius 1 is 1.22 bits per heavy atom. The second-order valence-electron chi connectivity index (χ2n) is 5.82. The van der Waals surface area contributed by atoms with Gasteiger partial charge in [0.2, 0.25) is 5.91 Å². The van der Waals surface area contributed by atoms with Gasteiger partial charge in [-0.2, -0.15) is 5.10 Å². The number of carbonyl (C=O) groups is 2. The number of hydrogen-bond donors (Lipinski definition) is 2. The quantitative estimate of drug-likeness (QED) is 0.650. The van der Waals surface area contributed by atoms with Crippen molar-refractivity contribution in [1.82, 2.24) is 15.1 Å². The van der Waals surface area contributed by atoms with Crippen molar-refractivity contribution in [2.45, 2.75) is 6.92 Å². The van der Waals surface area contributed by atoms with Crippen molar-refractivity contribution in [3.63, 3.8) is 0 Å². The van der Waals surface area contributed by atoms with E-state index in [2.05, 4.69) is 31.7 Å². The van der Waals surface area contributed by atoms with Gasteiger partial charge in [-0.1, -0.05) is 28.1 Å². The summed E-state index contributed by atoms with van der Waals surface area (Å²) in [6, 6.07) is 11.5. The second kappa shape index (κ2) is 8.13. The van der Waals surface area contributed by atoms with E-state index >= 15 is 0 Å². The molecular weight excluding hydrogens is 415 g/mol. The van der Waals surface area contributed by atoms with Crippen LogP contribution in [0.2, 0.25) is 0 Å². The van der Waals surface area contributed by atoms with E-state index in [1.165, 1.54) is 23.1 Å². The van der Waals surface area contributed by atoms with Crippen molar-refractivity contribution in [3.05, 3.63) is 76.3 Å². The van der Waals surface area contributed by atoms with Crippen LogP contribution in [-0.4, -0.2) is 28.1 Å². The van der Waals surface area contributed by atoms with Gasteiger partial charge in [0.05, 0.1) is 18.3 Å². The Kier molecular flexibility index (Phi) is 5.66. The van der Waals surface area contributed by atoms with Gasteiger partial charge in [0, 0.05) is 16.4 Å². The van der Waals surface area contributed by atoms with E-state index in [9.17, 15) is 14.0 Å². The fraction of sp³-hybridized carbons (Fsp3) is 0.105. The molecule has 3 aromatic rings. The highest BCUT2D eigenvalue weighted by molar-refractivity contribution is 9.10. The van der Waals surface area contributed by atoms with Crippen LogP contribution in [0.5, 0.6) is 0 Å². The summed E-state index contributed by atoms with van der Waals surface area (Å²) in [7, 11) is 0. The van der Waals surface area contributed by atoms with Gasteiger partial charge < -0.3 is 10.6 Å². The summed E-state index contributed by atoms with van der Waals surface area (Å²) in [6.45, 7) is 1.72. The Balaban J connectivity index is 1.58. The van der Waals surface area contributed by atoms with Crippen molar-refractivity contribution < 1.29 is 14.0 Å². The van der Waals surface area contributed by atoms with Gasteiger partial charge in [0.1, 0.15) is 11.5 Å². The monoisotopic (exact) mass is 430 g/mol. The largest absolute Gasteiger partial charge is 0.343 e. The Morgan fingerprint density at radius 2 is 2.00 bits per heavy atom. The molecule has 0 saturated carbocycles. The summed E-state index contributed by atoms with van der Waals surface area (Å²) in [5.74, 6) is -1.27. The highest BCUT2D eigenvalue weighted by Crippen LogP contribution is 2.19. The third kappa shape index (κ3) is 4.59. The summed E-state index contributed by atoms with van der Waals surface area (Å²) in [5, 5.41) is 9.22. The van der Waals surface area contributed by atoms with Crippen molar-refractivity contribution in [2.24, 2.45) is 0 Å². The maximum atomic E-state index is 13.8. The zero-order valence-electron chi connectivity index (χ0n) is 14.4. The fourth-order valence-corrected chi connectivity index (χ4v) is 2.65. The minimum Gasteiger partial charge on any atom is -0.343 e. The molecule has 0 aliphatic heterocycles. The molecule has 1 heterocycles. The highest BCUT2D eigenvalue weighted by atomic mass is 79.9. The average Bonchev–Trinajstić information content (AvgIpc) is 3.13. The molecule has 3 rings (SSSR count). The normalized spacial score (nSPS) is 10.5. The van der Waals surface area contributed by atoms with Crippen LogP contribution in [-0.2, 0) is 4.79 Å². The first kappa shape index (κ1) is 18.8. The molecule has 0 aliphatic carbocycles. The predicted molar refractivity (Wildman–Crippen MR) is 103 cm³/mol. The summed E-state index contributed by atoms with van der Waals surface area (Å²) in [5.41, 5.74) is 2.09. The van der Waals surface area contributed by atoms with Crippen molar-refractivity contribution in [1.29, 1.82) is 0 Å². The minimum absolute atomic E-state index is 0.196. The summed E-state index contributed by atoms with van der Waals surface area (Å²) < 4.78 is 16.0. The number of aromatic nitrogens is 2. The number of nitrogens with one attached hydrogen (secondary N) is 2. The van der Waals surface area contributed by atoms with Crippen LogP contribution in [0.1, 0.15) is 15.9 Å². The van der Waals surface area contributed by atoms with Crippen molar-refractivity contribution >= 4 is 33.4 Å². The standard InChI is InChI=1S/C19H16BrFN4O2/c1-12-8-14(6-7-15(12)20)24-18(26)10-22-19(27)13-9-23-25(11-13)17-5-3-2-4-16(17)21/h2-9,11H,10H2,1H3,(H,22,27)(H,24,26). The lowest BCUT2D eigenvalue weighted by Crippen LogP contribution is -2.32. The van der Waals surface area contributed by atoms with Crippen LogP contribution in [0.3, 0.4) is 0 Å². The second-order valence-corrected chi connectivity index (χ2v) is 6.67. The van der Waals surface area contributed by atoms with Crippen molar-refractivity contribution in [3.8, 4) is 5.69 Å². The molecule has 2 aromatic carbocycles. The first-order valence-corrected chi connectivity index (χ1v) is 8.87. The van der Waals surface area contributed by atoms with Gasteiger partial charge in [-0.15, -0.1) is 0 Å². The lowest BCUT2D eigenvalue weighted by atomic mass is 10.2. The molecule has 0 atom stereocenters. The predicted octanol–water partition coefficient (Wildman–Crippen LogP) is 3.45. The molecule has 0 unspecified atom stereocenters. The van der Waals surface area contributed by atoms with Crippen LogP contribution < -0.4 is 10.6 Å². The Labute approximate surface area is 163 Å². The number of hydrogen-bond acceptors (Lipinski definition) is 3. The zero-order chi connectivity index (χ0) is 19.4. The topological polar surface area (TPSA) is 76.0 Å². The number of rotatable bonds is 5. The van der Waals surface area contributed by atoms with E-state index in [4.69, 9.17) is 0 Å². The molecule has 1 aromatic heterocycles. The first-order chi connectivity index (χ1) is 12.9.